The molecule has 1 aromatic carbocycles. The highest BCUT2D eigenvalue weighted by Gasteiger charge is 2.13. The van der Waals surface area contributed by atoms with Gasteiger partial charge in [-0.1, -0.05) is 0 Å². The van der Waals surface area contributed by atoms with E-state index in [9.17, 15) is 9.18 Å². The molecule has 0 aromatic heterocycles. The predicted molar refractivity (Wildman–Crippen MR) is 51.5 cm³/mol. The van der Waals surface area contributed by atoms with Gasteiger partial charge in [0.25, 0.3) is 0 Å². The lowest BCUT2D eigenvalue weighted by molar-refractivity contribution is 0.0525. The Bertz CT molecular complexity index is 363. The van der Waals surface area contributed by atoms with Crippen LogP contribution in [-0.2, 0) is 4.74 Å². The Kier molecular flexibility index (Phi) is 3.06. The third-order valence-corrected chi connectivity index (χ3v) is 1.91. The Labute approximate surface area is 81.7 Å². The highest BCUT2D eigenvalue weighted by Crippen LogP contribution is 2.18. The molecule has 0 fully saturated rings. The molecule has 0 radical (unpaired) electrons. The van der Waals surface area contributed by atoms with Crippen molar-refractivity contribution in [2.24, 2.45) is 0 Å². The summed E-state index contributed by atoms with van der Waals surface area (Å²) in [4.78, 5) is 11.3. The number of nitrogens with two attached hydrogens (primary N) is 1. The molecule has 0 saturated heterocycles. The van der Waals surface area contributed by atoms with Gasteiger partial charge in [-0.2, -0.15) is 0 Å². The lowest BCUT2D eigenvalue weighted by Crippen LogP contribution is -2.08. The molecule has 1 aromatic rings. The minimum absolute atomic E-state index is 0.185. The zero-order valence-electron chi connectivity index (χ0n) is 8.13. The van der Waals surface area contributed by atoms with Crippen LogP contribution in [0.4, 0.5) is 10.1 Å². The minimum Gasteiger partial charge on any atom is -0.462 e. The second kappa shape index (κ2) is 4.09. The van der Waals surface area contributed by atoms with Crippen LogP contribution >= 0.6 is 0 Å². The van der Waals surface area contributed by atoms with Crippen molar-refractivity contribution in [3.05, 3.63) is 29.1 Å². The van der Waals surface area contributed by atoms with Crippen molar-refractivity contribution in [2.45, 2.75) is 13.8 Å². The summed E-state index contributed by atoms with van der Waals surface area (Å²) in [6.07, 6.45) is 0. The van der Waals surface area contributed by atoms with E-state index in [4.69, 9.17) is 10.5 Å². The fraction of sp³-hybridized carbons (Fsp3) is 0.300. The Hall–Kier alpha value is -1.58. The Balaban J connectivity index is 3.13. The summed E-state index contributed by atoms with van der Waals surface area (Å²) in [6.45, 7) is 3.60. The van der Waals surface area contributed by atoms with E-state index >= 15 is 0 Å². The average Bonchev–Trinajstić information content (AvgIpc) is 2.11. The number of hydrogen-bond donors (Lipinski definition) is 1. The molecule has 0 heterocycles. The Morgan fingerprint density at radius 1 is 1.57 bits per heavy atom. The molecule has 76 valence electrons. The highest BCUT2D eigenvalue weighted by atomic mass is 19.1. The van der Waals surface area contributed by atoms with Gasteiger partial charge in [0.1, 0.15) is 5.82 Å². The number of halogens is 1. The summed E-state index contributed by atoms with van der Waals surface area (Å²) in [5.41, 5.74) is 6.50. The summed E-state index contributed by atoms with van der Waals surface area (Å²) >= 11 is 0. The summed E-state index contributed by atoms with van der Waals surface area (Å²) in [6, 6.07) is 2.31. The van der Waals surface area contributed by atoms with Crippen molar-refractivity contribution < 1.29 is 13.9 Å². The van der Waals surface area contributed by atoms with Gasteiger partial charge < -0.3 is 10.5 Å². The maximum Gasteiger partial charge on any atom is 0.338 e. The number of carbonyl (C=O) groups is 1. The van der Waals surface area contributed by atoms with E-state index in [1.54, 1.807) is 13.8 Å². The van der Waals surface area contributed by atoms with E-state index in [0.29, 0.717) is 5.56 Å². The molecule has 14 heavy (non-hydrogen) atoms. The van der Waals surface area contributed by atoms with Gasteiger partial charge in [0.05, 0.1) is 12.2 Å². The fourth-order valence-corrected chi connectivity index (χ4v) is 1.12. The average molecular weight is 197 g/mol. The van der Waals surface area contributed by atoms with Crippen LogP contribution in [0.3, 0.4) is 0 Å². The molecule has 0 saturated carbocycles. The molecule has 0 aliphatic rings. The number of esters is 1. The van der Waals surface area contributed by atoms with Crippen molar-refractivity contribution in [1.82, 2.24) is 0 Å². The predicted octanol–water partition coefficient (Wildman–Crippen LogP) is 1.89. The lowest BCUT2D eigenvalue weighted by atomic mass is 10.1. The van der Waals surface area contributed by atoms with E-state index < -0.39 is 11.8 Å². The number of anilines is 1. The van der Waals surface area contributed by atoms with Crippen LogP contribution in [-0.4, -0.2) is 12.6 Å². The smallest absolute Gasteiger partial charge is 0.338 e. The zero-order valence-corrected chi connectivity index (χ0v) is 8.13. The molecule has 0 unspecified atom stereocenters. The monoisotopic (exact) mass is 197 g/mol. The van der Waals surface area contributed by atoms with Gasteiger partial charge in [-0.25, -0.2) is 9.18 Å². The number of rotatable bonds is 2. The van der Waals surface area contributed by atoms with Gasteiger partial charge in [0.2, 0.25) is 0 Å². The second-order valence-electron chi connectivity index (χ2n) is 2.89. The van der Waals surface area contributed by atoms with Gasteiger partial charge in [0, 0.05) is 5.69 Å². The van der Waals surface area contributed by atoms with Gasteiger partial charge in [-0.05, 0) is 31.5 Å². The number of hydrogen-bond acceptors (Lipinski definition) is 3. The highest BCUT2D eigenvalue weighted by molar-refractivity contribution is 5.92. The van der Waals surface area contributed by atoms with E-state index in [-0.39, 0.29) is 17.9 Å². The third-order valence-electron chi connectivity index (χ3n) is 1.91. The Morgan fingerprint density at radius 2 is 2.21 bits per heavy atom. The van der Waals surface area contributed by atoms with E-state index in [0.717, 1.165) is 6.07 Å². The molecule has 2 N–H and O–H groups in total. The summed E-state index contributed by atoms with van der Waals surface area (Å²) in [7, 11) is 0. The molecule has 0 aliphatic carbocycles. The molecule has 1 rings (SSSR count). The molecule has 0 amide bonds. The topological polar surface area (TPSA) is 52.3 Å². The molecule has 0 atom stereocenters. The fourth-order valence-electron chi connectivity index (χ4n) is 1.12. The van der Waals surface area contributed by atoms with E-state index in [1.807, 2.05) is 0 Å². The molecule has 0 bridgehead atoms. The van der Waals surface area contributed by atoms with Crippen LogP contribution in [0.5, 0.6) is 0 Å². The third kappa shape index (κ3) is 2.02. The Morgan fingerprint density at radius 3 is 2.79 bits per heavy atom. The molecule has 0 spiro atoms. The van der Waals surface area contributed by atoms with E-state index in [1.165, 1.54) is 6.07 Å². The largest absolute Gasteiger partial charge is 0.462 e. The first-order valence-corrected chi connectivity index (χ1v) is 4.29. The van der Waals surface area contributed by atoms with Crippen LogP contribution < -0.4 is 5.73 Å². The lowest BCUT2D eigenvalue weighted by Gasteiger charge is -2.07. The first-order chi connectivity index (χ1) is 6.56. The van der Waals surface area contributed by atoms with Gasteiger partial charge in [-0.3, -0.25) is 0 Å². The SMILES string of the molecule is CCOC(=O)c1cc(F)cc(N)c1C. The van der Waals surface area contributed by atoms with Gasteiger partial charge >= 0.3 is 5.97 Å². The summed E-state index contributed by atoms with van der Waals surface area (Å²) in [5.74, 6) is -1.08. The summed E-state index contributed by atoms with van der Waals surface area (Å²) in [5, 5.41) is 0. The maximum absolute atomic E-state index is 12.9. The molecular formula is C10H12FNO2. The minimum atomic E-state index is -0.545. The second-order valence-corrected chi connectivity index (χ2v) is 2.89. The number of carbonyl (C=O) groups excluding carboxylic acids is 1. The summed E-state index contributed by atoms with van der Waals surface area (Å²) < 4.78 is 17.7. The van der Waals surface area contributed by atoms with Crippen molar-refractivity contribution in [3.8, 4) is 0 Å². The first kappa shape index (κ1) is 10.5. The normalized spacial score (nSPS) is 9.93. The van der Waals surface area contributed by atoms with Crippen LogP contribution in [0, 0.1) is 12.7 Å². The van der Waals surface area contributed by atoms with Gasteiger partial charge in [-0.15, -0.1) is 0 Å². The van der Waals surface area contributed by atoms with Crippen molar-refractivity contribution in [1.29, 1.82) is 0 Å². The van der Waals surface area contributed by atoms with Crippen LogP contribution in [0.1, 0.15) is 22.8 Å². The molecule has 3 nitrogen and oxygen atoms in total. The molecule has 4 heteroatoms. The standard InChI is InChI=1S/C10H12FNO2/c1-3-14-10(13)8-4-7(11)5-9(12)6(8)2/h4-5H,3,12H2,1-2H3. The maximum atomic E-state index is 12.9. The quantitative estimate of drug-likeness (QED) is 0.581. The van der Waals surface area contributed by atoms with Crippen LogP contribution in [0.2, 0.25) is 0 Å². The number of nitrogen functional groups attached to an aromatic ring is 1. The van der Waals surface area contributed by atoms with Crippen molar-refractivity contribution >= 4 is 11.7 Å². The molecule has 0 aliphatic heterocycles. The van der Waals surface area contributed by atoms with Crippen molar-refractivity contribution in [2.75, 3.05) is 12.3 Å². The van der Waals surface area contributed by atoms with Crippen LogP contribution in [0.25, 0.3) is 0 Å². The van der Waals surface area contributed by atoms with Crippen molar-refractivity contribution in [3.63, 3.8) is 0 Å². The van der Waals surface area contributed by atoms with Crippen LogP contribution in [0.15, 0.2) is 12.1 Å². The van der Waals surface area contributed by atoms with Gasteiger partial charge in [0.15, 0.2) is 0 Å². The first-order valence-electron chi connectivity index (χ1n) is 4.29. The molecular weight excluding hydrogens is 185 g/mol. The number of benzene rings is 1. The number of ether oxygens (including phenoxy) is 1. The van der Waals surface area contributed by atoms with E-state index in [2.05, 4.69) is 0 Å². The zero-order chi connectivity index (χ0) is 10.7.